The van der Waals surface area contributed by atoms with E-state index in [-0.39, 0.29) is 5.91 Å². The third-order valence-electron chi connectivity index (χ3n) is 3.85. The molecule has 1 saturated carbocycles. The second kappa shape index (κ2) is 5.15. The summed E-state index contributed by atoms with van der Waals surface area (Å²) in [6.07, 6.45) is 5.17. The van der Waals surface area contributed by atoms with Crippen molar-refractivity contribution in [1.82, 2.24) is 4.90 Å². The van der Waals surface area contributed by atoms with Gasteiger partial charge in [0.2, 0.25) is 5.91 Å². The Labute approximate surface area is 96.3 Å². The Morgan fingerprint density at radius 1 is 1.12 bits per heavy atom. The van der Waals surface area contributed by atoms with Crippen molar-refractivity contribution >= 4 is 5.91 Å². The van der Waals surface area contributed by atoms with E-state index in [1.54, 1.807) is 4.90 Å². The average Bonchev–Trinajstić information content (AvgIpc) is 2.86. The monoisotopic (exact) mass is 227 g/mol. The lowest BCUT2D eigenvalue weighted by Gasteiger charge is -2.16. The van der Waals surface area contributed by atoms with Gasteiger partial charge in [0.15, 0.2) is 0 Å². The molecule has 2 N–H and O–H groups in total. The maximum atomic E-state index is 11.8. The number of carbonyl (C=O) groups excluding carboxylic acids is 1. The van der Waals surface area contributed by atoms with Crippen molar-refractivity contribution in [3.05, 3.63) is 0 Å². The van der Waals surface area contributed by atoms with Gasteiger partial charge < -0.3 is 15.1 Å². The summed E-state index contributed by atoms with van der Waals surface area (Å²) in [6, 6.07) is 0. The molecule has 92 valence electrons. The molecule has 0 aromatic carbocycles. The molecule has 2 aliphatic rings. The van der Waals surface area contributed by atoms with Crippen LogP contribution in [0.1, 0.15) is 38.5 Å². The highest BCUT2D eigenvalue weighted by atomic mass is 16.3. The predicted molar refractivity (Wildman–Crippen MR) is 59.8 cm³/mol. The minimum absolute atomic E-state index is 0.0856. The molecule has 0 spiro atoms. The molecule has 4 heteroatoms. The molecule has 1 aliphatic carbocycles. The van der Waals surface area contributed by atoms with Crippen LogP contribution in [0, 0.1) is 5.92 Å². The van der Waals surface area contributed by atoms with Crippen LogP contribution in [0.4, 0.5) is 0 Å². The number of hydrogen-bond acceptors (Lipinski definition) is 3. The van der Waals surface area contributed by atoms with Crippen LogP contribution >= 0.6 is 0 Å². The highest BCUT2D eigenvalue weighted by Crippen LogP contribution is 2.28. The summed E-state index contributed by atoms with van der Waals surface area (Å²) >= 11 is 0. The quantitative estimate of drug-likeness (QED) is 0.739. The first-order valence-electron chi connectivity index (χ1n) is 6.30. The molecule has 2 fully saturated rings. The number of amides is 1. The molecule has 1 saturated heterocycles. The Bertz CT molecular complexity index is 241. The lowest BCUT2D eigenvalue weighted by Crippen LogP contribution is -2.29. The molecule has 0 aromatic rings. The molecule has 4 nitrogen and oxygen atoms in total. The number of β-amino-alcohol motifs (C(OH)–C–C–N with tert-alkyl or cyclic N) is 2. The summed E-state index contributed by atoms with van der Waals surface area (Å²) in [5.74, 6) is 0.809. The molecular formula is C12H21NO3. The third kappa shape index (κ3) is 2.74. The molecule has 0 radical (unpaired) electrons. The van der Waals surface area contributed by atoms with E-state index >= 15 is 0 Å². The van der Waals surface area contributed by atoms with Crippen molar-refractivity contribution in [3.8, 4) is 0 Å². The van der Waals surface area contributed by atoms with Gasteiger partial charge in [-0.05, 0) is 12.3 Å². The summed E-state index contributed by atoms with van der Waals surface area (Å²) in [7, 11) is 0. The molecule has 16 heavy (non-hydrogen) atoms. The molecule has 1 heterocycles. The SMILES string of the molecule is O=C(CCC1CCCC1)N1CC(O)C(O)C1. The van der Waals surface area contributed by atoms with Crippen LogP contribution in [0.5, 0.6) is 0 Å². The maximum Gasteiger partial charge on any atom is 0.222 e. The largest absolute Gasteiger partial charge is 0.388 e. The summed E-state index contributed by atoms with van der Waals surface area (Å²) < 4.78 is 0. The van der Waals surface area contributed by atoms with E-state index in [1.165, 1.54) is 25.7 Å². The van der Waals surface area contributed by atoms with Crippen molar-refractivity contribution in [3.63, 3.8) is 0 Å². The Morgan fingerprint density at radius 3 is 2.25 bits per heavy atom. The number of aliphatic hydroxyl groups is 2. The molecular weight excluding hydrogens is 206 g/mol. The molecule has 0 aromatic heterocycles. The molecule has 1 amide bonds. The molecule has 2 rings (SSSR count). The van der Waals surface area contributed by atoms with Gasteiger partial charge in [-0.1, -0.05) is 25.7 Å². The van der Waals surface area contributed by atoms with Gasteiger partial charge in [-0.2, -0.15) is 0 Å². The summed E-state index contributed by atoms with van der Waals surface area (Å²) in [6.45, 7) is 0.593. The Kier molecular flexibility index (Phi) is 3.82. The lowest BCUT2D eigenvalue weighted by molar-refractivity contribution is -0.131. The predicted octanol–water partition coefficient (Wildman–Crippen LogP) is 0.521. The van der Waals surface area contributed by atoms with Crippen molar-refractivity contribution in [2.45, 2.75) is 50.7 Å². The van der Waals surface area contributed by atoms with Crippen molar-refractivity contribution in [2.24, 2.45) is 5.92 Å². The van der Waals surface area contributed by atoms with E-state index in [0.29, 0.717) is 19.5 Å². The Balaban J connectivity index is 1.71. The van der Waals surface area contributed by atoms with Crippen molar-refractivity contribution in [2.75, 3.05) is 13.1 Å². The number of likely N-dealkylation sites (tertiary alicyclic amines) is 1. The minimum atomic E-state index is -0.754. The number of hydrogen-bond donors (Lipinski definition) is 2. The summed E-state index contributed by atoms with van der Waals surface area (Å²) in [5, 5.41) is 18.7. The van der Waals surface area contributed by atoms with Gasteiger partial charge in [-0.15, -0.1) is 0 Å². The standard InChI is InChI=1S/C12H21NO3/c14-10-7-13(8-11(10)15)12(16)6-5-9-3-1-2-4-9/h9-11,14-15H,1-8H2. The van der Waals surface area contributed by atoms with Crippen LogP contribution < -0.4 is 0 Å². The molecule has 2 atom stereocenters. The van der Waals surface area contributed by atoms with Crippen LogP contribution in [0.2, 0.25) is 0 Å². The molecule has 1 aliphatic heterocycles. The Morgan fingerprint density at radius 2 is 1.69 bits per heavy atom. The summed E-state index contributed by atoms with van der Waals surface area (Å²) in [5.41, 5.74) is 0. The average molecular weight is 227 g/mol. The zero-order chi connectivity index (χ0) is 11.5. The highest BCUT2D eigenvalue weighted by molar-refractivity contribution is 5.76. The normalized spacial score (nSPS) is 31.2. The van der Waals surface area contributed by atoms with E-state index in [9.17, 15) is 15.0 Å². The minimum Gasteiger partial charge on any atom is -0.388 e. The number of aliphatic hydroxyl groups excluding tert-OH is 2. The van der Waals surface area contributed by atoms with Gasteiger partial charge in [0.25, 0.3) is 0 Å². The zero-order valence-corrected chi connectivity index (χ0v) is 9.64. The van der Waals surface area contributed by atoms with E-state index in [1.807, 2.05) is 0 Å². The van der Waals surface area contributed by atoms with Crippen LogP contribution in [0.3, 0.4) is 0 Å². The second-order valence-corrected chi connectivity index (χ2v) is 5.12. The fourth-order valence-electron chi connectivity index (χ4n) is 2.76. The first-order chi connectivity index (χ1) is 7.66. The van der Waals surface area contributed by atoms with Crippen LogP contribution in [0.15, 0.2) is 0 Å². The topological polar surface area (TPSA) is 60.8 Å². The van der Waals surface area contributed by atoms with Gasteiger partial charge in [0, 0.05) is 19.5 Å². The van der Waals surface area contributed by atoms with Crippen LogP contribution in [-0.2, 0) is 4.79 Å². The van der Waals surface area contributed by atoms with Crippen LogP contribution in [-0.4, -0.2) is 46.3 Å². The van der Waals surface area contributed by atoms with Crippen molar-refractivity contribution < 1.29 is 15.0 Å². The van der Waals surface area contributed by atoms with Gasteiger partial charge in [-0.25, -0.2) is 0 Å². The third-order valence-corrected chi connectivity index (χ3v) is 3.85. The summed E-state index contributed by atoms with van der Waals surface area (Å²) in [4.78, 5) is 13.4. The van der Waals surface area contributed by atoms with Gasteiger partial charge >= 0.3 is 0 Å². The van der Waals surface area contributed by atoms with Gasteiger partial charge in [-0.3, -0.25) is 4.79 Å². The Hall–Kier alpha value is -0.610. The number of nitrogens with zero attached hydrogens (tertiary/aromatic N) is 1. The van der Waals surface area contributed by atoms with E-state index in [0.717, 1.165) is 12.3 Å². The smallest absolute Gasteiger partial charge is 0.222 e. The van der Waals surface area contributed by atoms with Gasteiger partial charge in [0.1, 0.15) is 0 Å². The maximum absolute atomic E-state index is 11.8. The molecule has 2 unspecified atom stereocenters. The first-order valence-corrected chi connectivity index (χ1v) is 6.30. The number of rotatable bonds is 3. The number of carbonyl (C=O) groups is 1. The van der Waals surface area contributed by atoms with Crippen molar-refractivity contribution in [1.29, 1.82) is 0 Å². The van der Waals surface area contributed by atoms with E-state index in [4.69, 9.17) is 0 Å². The zero-order valence-electron chi connectivity index (χ0n) is 9.64. The van der Waals surface area contributed by atoms with Crippen LogP contribution in [0.25, 0.3) is 0 Å². The first kappa shape index (κ1) is 11.9. The molecule has 0 bridgehead atoms. The van der Waals surface area contributed by atoms with E-state index in [2.05, 4.69) is 0 Å². The fraction of sp³-hybridized carbons (Fsp3) is 0.917. The second-order valence-electron chi connectivity index (χ2n) is 5.12. The fourth-order valence-corrected chi connectivity index (χ4v) is 2.76. The lowest BCUT2D eigenvalue weighted by atomic mass is 10.0. The van der Waals surface area contributed by atoms with E-state index < -0.39 is 12.2 Å². The highest BCUT2D eigenvalue weighted by Gasteiger charge is 2.32. The van der Waals surface area contributed by atoms with Gasteiger partial charge in [0.05, 0.1) is 12.2 Å².